The lowest BCUT2D eigenvalue weighted by Crippen LogP contribution is -2.36. The lowest BCUT2D eigenvalue weighted by Gasteiger charge is -2.24. The molecule has 7 N–H and O–H groups in total. The SMILES string of the molecule is Nc1ncnc2c1ncn2[C@@H]1O[C@H](COP(=O)(O)O)C(OP(=O)(O)OC[C@@H]2CC[C@H](n3cnc4c(=O)[nH]ncc43)O2)[C@H]1O. The first kappa shape index (κ1) is 29.9. The minimum Gasteiger partial charge on any atom is -0.386 e. The second-order valence-corrected chi connectivity index (χ2v) is 12.3. The highest BCUT2D eigenvalue weighted by atomic mass is 31.2. The highest BCUT2D eigenvalue weighted by Crippen LogP contribution is 2.50. The van der Waals surface area contributed by atoms with Crippen molar-refractivity contribution in [2.75, 3.05) is 18.9 Å². The zero-order chi connectivity index (χ0) is 30.5. The van der Waals surface area contributed by atoms with Crippen molar-refractivity contribution in [3.05, 3.63) is 35.5 Å². The predicted molar refractivity (Wildman–Crippen MR) is 140 cm³/mol. The van der Waals surface area contributed by atoms with Crippen molar-refractivity contribution in [2.24, 2.45) is 0 Å². The topological polar surface area (TPSA) is 294 Å². The Hall–Kier alpha value is -3.20. The largest absolute Gasteiger partial charge is 0.472 e. The summed E-state index contributed by atoms with van der Waals surface area (Å²) in [5.41, 5.74) is 6.30. The summed E-state index contributed by atoms with van der Waals surface area (Å²) in [6, 6.07) is 0. The van der Waals surface area contributed by atoms with Crippen LogP contribution in [-0.2, 0) is 32.2 Å². The van der Waals surface area contributed by atoms with E-state index in [-0.39, 0.29) is 22.5 Å². The van der Waals surface area contributed by atoms with Crippen LogP contribution in [0.4, 0.5) is 5.82 Å². The summed E-state index contributed by atoms with van der Waals surface area (Å²) in [5.74, 6) is 0.0431. The number of H-pyrrole nitrogens is 1. The highest BCUT2D eigenvalue weighted by molar-refractivity contribution is 7.47. The van der Waals surface area contributed by atoms with Gasteiger partial charge in [0, 0.05) is 0 Å². The molecule has 0 aromatic carbocycles. The van der Waals surface area contributed by atoms with Crippen molar-refractivity contribution in [3.8, 4) is 0 Å². The van der Waals surface area contributed by atoms with Gasteiger partial charge in [-0.1, -0.05) is 0 Å². The number of phosphoric acid groups is 2. The fourth-order valence-corrected chi connectivity index (χ4v) is 6.25. The Bertz CT molecular complexity index is 1790. The fourth-order valence-electron chi connectivity index (χ4n) is 4.92. The number of aliphatic hydroxyl groups is 1. The van der Waals surface area contributed by atoms with Gasteiger partial charge in [0.05, 0.1) is 43.7 Å². The Morgan fingerprint density at radius 2 is 1.79 bits per heavy atom. The number of rotatable bonds is 10. The van der Waals surface area contributed by atoms with Crippen LogP contribution in [0.25, 0.3) is 22.2 Å². The van der Waals surface area contributed by atoms with E-state index in [9.17, 15) is 23.9 Å². The van der Waals surface area contributed by atoms with E-state index in [1.165, 1.54) is 23.4 Å². The molecule has 2 unspecified atom stereocenters. The molecule has 7 atom stereocenters. The van der Waals surface area contributed by atoms with Crippen LogP contribution in [0, 0.1) is 0 Å². The summed E-state index contributed by atoms with van der Waals surface area (Å²) < 4.78 is 53.7. The first-order valence-electron chi connectivity index (χ1n) is 12.6. The zero-order valence-electron chi connectivity index (χ0n) is 21.8. The van der Waals surface area contributed by atoms with Crippen LogP contribution in [0.5, 0.6) is 0 Å². The Balaban J connectivity index is 1.14. The average molecular weight is 645 g/mol. The lowest BCUT2D eigenvalue weighted by molar-refractivity contribution is -0.0514. The molecule has 2 aliphatic rings. The van der Waals surface area contributed by atoms with Crippen molar-refractivity contribution in [1.82, 2.24) is 39.3 Å². The molecule has 0 bridgehead atoms. The van der Waals surface area contributed by atoms with Crippen LogP contribution in [0.1, 0.15) is 25.3 Å². The quantitative estimate of drug-likeness (QED) is 0.114. The van der Waals surface area contributed by atoms with E-state index in [0.29, 0.717) is 18.4 Å². The van der Waals surface area contributed by atoms with Gasteiger partial charge in [0.1, 0.15) is 36.4 Å². The lowest BCUT2D eigenvalue weighted by atomic mass is 10.1. The second-order valence-electron chi connectivity index (χ2n) is 9.63. The average Bonchev–Trinajstić information content (AvgIpc) is 3.73. The van der Waals surface area contributed by atoms with Gasteiger partial charge >= 0.3 is 15.6 Å². The van der Waals surface area contributed by atoms with Crippen molar-refractivity contribution < 1.29 is 52.0 Å². The van der Waals surface area contributed by atoms with Crippen LogP contribution < -0.4 is 11.3 Å². The molecule has 0 aliphatic carbocycles. The monoisotopic (exact) mass is 645 g/mol. The van der Waals surface area contributed by atoms with Crippen LogP contribution in [0.15, 0.2) is 30.0 Å². The first-order valence-corrected chi connectivity index (χ1v) is 15.6. The molecule has 23 heteroatoms. The van der Waals surface area contributed by atoms with Gasteiger partial charge in [-0.15, -0.1) is 0 Å². The minimum absolute atomic E-state index is 0.0431. The Labute approximate surface area is 239 Å². The number of ether oxygens (including phenoxy) is 2. The van der Waals surface area contributed by atoms with E-state index in [1.807, 2.05) is 0 Å². The Kier molecular flexibility index (Phi) is 7.90. The molecule has 21 nitrogen and oxygen atoms in total. The molecule has 0 amide bonds. The van der Waals surface area contributed by atoms with Gasteiger partial charge in [-0.25, -0.2) is 34.2 Å². The number of aromatic nitrogens is 8. The molecule has 2 saturated heterocycles. The molecule has 6 heterocycles. The number of hydrogen-bond donors (Lipinski definition) is 6. The molecule has 0 saturated carbocycles. The summed E-state index contributed by atoms with van der Waals surface area (Å²) in [5, 5.41) is 17.1. The van der Waals surface area contributed by atoms with Crippen LogP contribution >= 0.6 is 15.6 Å². The van der Waals surface area contributed by atoms with E-state index in [4.69, 9.17) is 34.0 Å². The number of nitrogens with two attached hydrogens (primary N) is 1. The number of aromatic amines is 1. The molecule has 232 valence electrons. The number of fused-ring (bicyclic) bond motifs is 2. The maximum atomic E-state index is 13.0. The molecule has 2 fully saturated rings. The van der Waals surface area contributed by atoms with Crippen molar-refractivity contribution in [2.45, 2.75) is 49.7 Å². The number of nitrogen functional groups attached to an aromatic ring is 1. The fraction of sp³-hybridized carbons (Fsp3) is 0.500. The van der Waals surface area contributed by atoms with E-state index >= 15 is 0 Å². The first-order chi connectivity index (χ1) is 20.4. The number of phosphoric ester groups is 2. The van der Waals surface area contributed by atoms with Gasteiger partial charge in [-0.2, -0.15) is 5.10 Å². The zero-order valence-corrected chi connectivity index (χ0v) is 23.5. The summed E-state index contributed by atoms with van der Waals surface area (Å²) in [7, 11) is -9.93. The second kappa shape index (κ2) is 11.4. The normalized spacial score (nSPS) is 27.7. The third-order valence-electron chi connectivity index (χ3n) is 6.85. The Morgan fingerprint density at radius 3 is 2.58 bits per heavy atom. The number of aliphatic hydroxyl groups excluding tert-OH is 1. The van der Waals surface area contributed by atoms with Gasteiger partial charge in [0.2, 0.25) is 0 Å². The molecule has 0 spiro atoms. The van der Waals surface area contributed by atoms with E-state index in [0.717, 1.165) is 6.33 Å². The van der Waals surface area contributed by atoms with E-state index in [2.05, 4.69) is 34.7 Å². The van der Waals surface area contributed by atoms with Gasteiger partial charge in [0.15, 0.2) is 23.2 Å². The summed E-state index contributed by atoms with van der Waals surface area (Å²) >= 11 is 0. The molecule has 4 aromatic heterocycles. The third kappa shape index (κ3) is 6.10. The number of anilines is 1. The number of nitrogens with one attached hydrogen (secondary N) is 1. The van der Waals surface area contributed by atoms with Crippen molar-refractivity contribution >= 4 is 43.7 Å². The minimum atomic E-state index is -5.00. The van der Waals surface area contributed by atoms with Crippen LogP contribution in [-0.4, -0.2) is 96.7 Å². The van der Waals surface area contributed by atoms with Crippen LogP contribution in [0.2, 0.25) is 0 Å². The molecule has 0 radical (unpaired) electrons. The third-order valence-corrected chi connectivity index (χ3v) is 8.32. The van der Waals surface area contributed by atoms with E-state index in [1.54, 1.807) is 4.57 Å². The number of imidazole rings is 2. The maximum Gasteiger partial charge on any atom is 0.472 e. The smallest absolute Gasteiger partial charge is 0.386 e. The van der Waals surface area contributed by atoms with Crippen molar-refractivity contribution in [1.29, 1.82) is 0 Å². The van der Waals surface area contributed by atoms with Gasteiger partial charge < -0.3 is 39.6 Å². The van der Waals surface area contributed by atoms with Crippen molar-refractivity contribution in [3.63, 3.8) is 0 Å². The summed E-state index contributed by atoms with van der Waals surface area (Å²) in [6.07, 6.45) is -1.25. The van der Waals surface area contributed by atoms with E-state index < -0.39 is 71.3 Å². The molecule has 2 aliphatic heterocycles. The highest BCUT2D eigenvalue weighted by Gasteiger charge is 2.50. The molecular weight excluding hydrogens is 620 g/mol. The van der Waals surface area contributed by atoms with Crippen LogP contribution in [0.3, 0.4) is 0 Å². The molecule has 43 heavy (non-hydrogen) atoms. The van der Waals surface area contributed by atoms with Gasteiger partial charge in [-0.05, 0) is 12.8 Å². The molecule has 6 rings (SSSR count). The predicted octanol–water partition coefficient (Wildman–Crippen LogP) is -0.911. The maximum absolute atomic E-state index is 13.0. The summed E-state index contributed by atoms with van der Waals surface area (Å²) in [6.45, 7) is -1.22. The standard InChI is InChI=1S/C20H25N9O12P2/c21-17-14-18(23-6-22-17)29(8-25-14)20-15(30)16(11(40-20)5-37-42(32,33)34)41-43(35,36)38-4-9-1-2-12(39-9)28-7-24-13-10(28)3-26-27-19(13)31/h3,6-9,11-12,15-16,20,30H,1-2,4-5H2,(H,27,31)(H,35,36)(H2,21,22,23)(H2,32,33,34)/t9-,11+,12+,15+,16?,20+/m0/s1. The summed E-state index contributed by atoms with van der Waals surface area (Å²) in [4.78, 5) is 56.8. The van der Waals surface area contributed by atoms with Gasteiger partial charge in [0.25, 0.3) is 5.56 Å². The molecule has 4 aromatic rings. The molecular formula is C20H25N9O12P2. The number of nitrogens with zero attached hydrogens (tertiary/aromatic N) is 7. The Morgan fingerprint density at radius 1 is 1.02 bits per heavy atom. The van der Waals surface area contributed by atoms with Gasteiger partial charge in [-0.3, -0.25) is 22.9 Å². The number of hydrogen-bond acceptors (Lipinski definition) is 15.